The lowest BCUT2D eigenvalue weighted by Gasteiger charge is -2.01. The van der Waals surface area contributed by atoms with Gasteiger partial charge in [0.25, 0.3) is 0 Å². The minimum absolute atomic E-state index is 0.541. The molecule has 0 atom stereocenters. The van der Waals surface area contributed by atoms with E-state index in [1.165, 1.54) is 49.7 Å². The normalized spacial score (nSPS) is 11.1. The Balaban J connectivity index is 1.06. The monoisotopic (exact) mass is 516 g/mol. The highest BCUT2D eigenvalue weighted by molar-refractivity contribution is 5.27. The van der Waals surface area contributed by atoms with Crippen LogP contribution < -0.4 is 9.47 Å². The Morgan fingerprint density at radius 1 is 0.526 bits per heavy atom. The average molecular weight is 517 g/mol. The third-order valence-corrected chi connectivity index (χ3v) is 6.74. The van der Waals surface area contributed by atoms with Crippen molar-refractivity contribution in [1.82, 2.24) is 9.97 Å². The van der Waals surface area contributed by atoms with Gasteiger partial charge in [0.2, 0.25) is 0 Å². The summed E-state index contributed by atoms with van der Waals surface area (Å²) in [6, 6.07) is 20.6. The van der Waals surface area contributed by atoms with Gasteiger partial charge in [0.05, 0.1) is 14.2 Å². The van der Waals surface area contributed by atoms with Crippen LogP contribution in [0.15, 0.2) is 69.5 Å². The molecule has 0 N–H and O–H groups in total. The van der Waals surface area contributed by atoms with Gasteiger partial charge in [0.1, 0.15) is 11.4 Å². The number of nitrogens with zero attached hydrogens (tertiary/aromatic N) is 2. The molecule has 6 heteroatoms. The number of aryl methyl sites for hydroxylation is 2. The highest BCUT2D eigenvalue weighted by atomic mass is 16.6. The Morgan fingerprint density at radius 2 is 0.895 bits per heavy atom. The SMILES string of the molecule is COc1oc(CCCCCCCCCCc2nc(Cc3ccccc3)c(OC)o2)nc1Cc1ccccc1. The summed E-state index contributed by atoms with van der Waals surface area (Å²) in [7, 11) is 3.29. The first kappa shape index (κ1) is 27.5. The fourth-order valence-electron chi connectivity index (χ4n) is 4.72. The van der Waals surface area contributed by atoms with E-state index in [1.807, 2.05) is 36.4 Å². The molecule has 0 aliphatic carbocycles. The zero-order valence-corrected chi connectivity index (χ0v) is 22.8. The molecular formula is C32H40N2O4. The van der Waals surface area contributed by atoms with E-state index in [0.29, 0.717) is 11.9 Å². The summed E-state index contributed by atoms with van der Waals surface area (Å²) in [5, 5.41) is 0. The lowest BCUT2D eigenvalue weighted by atomic mass is 10.1. The molecular weight excluding hydrogens is 476 g/mol. The molecule has 38 heavy (non-hydrogen) atoms. The van der Waals surface area contributed by atoms with Gasteiger partial charge in [-0.05, 0) is 24.0 Å². The fraction of sp³-hybridized carbons (Fsp3) is 0.438. The quantitative estimate of drug-likeness (QED) is 0.134. The molecule has 0 saturated heterocycles. The van der Waals surface area contributed by atoms with Crippen molar-refractivity contribution < 1.29 is 18.3 Å². The average Bonchev–Trinajstić information content (AvgIpc) is 3.53. The van der Waals surface area contributed by atoms with Crippen molar-refractivity contribution in [2.45, 2.75) is 77.0 Å². The van der Waals surface area contributed by atoms with E-state index in [2.05, 4.69) is 34.2 Å². The second kappa shape index (κ2) is 15.0. The molecule has 4 aromatic rings. The summed E-state index contributed by atoms with van der Waals surface area (Å²) in [4.78, 5) is 9.38. The summed E-state index contributed by atoms with van der Waals surface area (Å²) in [5.41, 5.74) is 4.17. The van der Waals surface area contributed by atoms with E-state index in [9.17, 15) is 0 Å². The van der Waals surface area contributed by atoms with Crippen LogP contribution in [0.5, 0.6) is 11.9 Å². The minimum atomic E-state index is 0.541. The first-order valence-electron chi connectivity index (χ1n) is 13.9. The number of hydrogen-bond donors (Lipinski definition) is 0. The Hall–Kier alpha value is -3.54. The number of hydrogen-bond acceptors (Lipinski definition) is 6. The molecule has 0 unspecified atom stereocenters. The van der Waals surface area contributed by atoms with Crippen LogP contribution in [0.1, 0.15) is 85.7 Å². The highest BCUT2D eigenvalue weighted by Crippen LogP contribution is 2.25. The van der Waals surface area contributed by atoms with Gasteiger partial charge in [-0.3, -0.25) is 0 Å². The second-order valence-electron chi connectivity index (χ2n) is 9.74. The van der Waals surface area contributed by atoms with Crippen molar-refractivity contribution in [3.63, 3.8) is 0 Å². The first-order chi connectivity index (χ1) is 18.7. The summed E-state index contributed by atoms with van der Waals surface area (Å²) in [5.74, 6) is 2.64. The van der Waals surface area contributed by atoms with Gasteiger partial charge in [0.15, 0.2) is 11.8 Å². The van der Waals surface area contributed by atoms with Gasteiger partial charge in [-0.2, -0.15) is 0 Å². The van der Waals surface area contributed by atoms with Gasteiger partial charge in [0, 0.05) is 25.7 Å². The molecule has 0 saturated carbocycles. The van der Waals surface area contributed by atoms with Crippen molar-refractivity contribution in [3.8, 4) is 11.9 Å². The summed E-state index contributed by atoms with van der Waals surface area (Å²) >= 11 is 0. The predicted molar refractivity (Wildman–Crippen MR) is 149 cm³/mol. The van der Waals surface area contributed by atoms with Gasteiger partial charge >= 0.3 is 11.9 Å². The van der Waals surface area contributed by atoms with Crippen LogP contribution in [0.3, 0.4) is 0 Å². The topological polar surface area (TPSA) is 70.5 Å². The number of unbranched alkanes of at least 4 members (excludes halogenated alkanes) is 7. The molecule has 202 valence electrons. The number of oxazole rings is 2. The summed E-state index contributed by atoms with van der Waals surface area (Å²) in [6.45, 7) is 0. The zero-order valence-electron chi connectivity index (χ0n) is 22.8. The van der Waals surface area contributed by atoms with Crippen molar-refractivity contribution in [1.29, 1.82) is 0 Å². The molecule has 2 heterocycles. The molecule has 6 nitrogen and oxygen atoms in total. The van der Waals surface area contributed by atoms with Crippen LogP contribution in [0, 0.1) is 0 Å². The van der Waals surface area contributed by atoms with E-state index >= 15 is 0 Å². The molecule has 0 bridgehead atoms. The first-order valence-corrected chi connectivity index (χ1v) is 13.9. The van der Waals surface area contributed by atoms with Crippen molar-refractivity contribution in [2.24, 2.45) is 0 Å². The lowest BCUT2D eigenvalue weighted by molar-refractivity contribution is 0.289. The fourth-order valence-corrected chi connectivity index (χ4v) is 4.72. The van der Waals surface area contributed by atoms with Gasteiger partial charge in [-0.25, -0.2) is 9.97 Å². The molecule has 0 amide bonds. The smallest absolute Gasteiger partial charge is 0.308 e. The van der Waals surface area contributed by atoms with Crippen molar-refractivity contribution in [3.05, 3.63) is 95.0 Å². The van der Waals surface area contributed by atoms with Crippen LogP contribution in [0.4, 0.5) is 0 Å². The maximum absolute atomic E-state index is 5.84. The standard InChI is InChI=1S/C32H40N2O4/c1-35-31-27(23-25-17-11-9-12-18-25)33-29(37-31)21-15-7-5-3-4-6-8-16-22-30-34-28(32(36-2)38-30)24-26-19-13-10-14-20-26/h9-14,17-20H,3-8,15-16,21-24H2,1-2H3. The Labute approximate surface area is 226 Å². The second-order valence-corrected chi connectivity index (χ2v) is 9.74. The molecule has 0 aliphatic rings. The Morgan fingerprint density at radius 3 is 1.26 bits per heavy atom. The van der Waals surface area contributed by atoms with Crippen LogP contribution in [0.2, 0.25) is 0 Å². The molecule has 0 spiro atoms. The molecule has 4 rings (SSSR count). The van der Waals surface area contributed by atoms with Crippen molar-refractivity contribution in [2.75, 3.05) is 14.2 Å². The molecule has 0 aliphatic heterocycles. The maximum Gasteiger partial charge on any atom is 0.308 e. The van der Waals surface area contributed by atoms with Crippen LogP contribution >= 0.6 is 0 Å². The Bertz CT molecular complexity index is 1110. The molecule has 0 fully saturated rings. The molecule has 2 aromatic carbocycles. The largest absolute Gasteiger partial charge is 0.467 e. The number of aromatic nitrogens is 2. The number of benzene rings is 2. The van der Waals surface area contributed by atoms with E-state index in [-0.39, 0.29) is 0 Å². The number of ether oxygens (including phenoxy) is 2. The van der Waals surface area contributed by atoms with E-state index < -0.39 is 0 Å². The van der Waals surface area contributed by atoms with Crippen molar-refractivity contribution >= 4 is 0 Å². The number of methoxy groups -OCH3 is 2. The third kappa shape index (κ3) is 8.51. The van der Waals surface area contributed by atoms with Crippen LogP contribution in [0.25, 0.3) is 0 Å². The van der Waals surface area contributed by atoms with E-state index in [1.54, 1.807) is 14.2 Å². The number of rotatable bonds is 17. The van der Waals surface area contributed by atoms with Gasteiger partial charge in [-0.15, -0.1) is 0 Å². The molecule has 0 radical (unpaired) electrons. The van der Waals surface area contributed by atoms with Gasteiger partial charge < -0.3 is 18.3 Å². The van der Waals surface area contributed by atoms with Crippen LogP contribution in [-0.2, 0) is 25.7 Å². The molecule has 2 aromatic heterocycles. The predicted octanol–water partition coefficient (Wildman–Crippen LogP) is 7.77. The van der Waals surface area contributed by atoms with Gasteiger partial charge in [-0.1, -0.05) is 99.2 Å². The summed E-state index contributed by atoms with van der Waals surface area (Å²) in [6.07, 6.45) is 12.8. The van der Waals surface area contributed by atoms with Crippen LogP contribution in [-0.4, -0.2) is 24.2 Å². The zero-order chi connectivity index (χ0) is 26.4. The Kier molecular flexibility index (Phi) is 10.9. The minimum Gasteiger partial charge on any atom is -0.467 e. The maximum atomic E-state index is 5.84. The third-order valence-electron chi connectivity index (χ3n) is 6.74. The van der Waals surface area contributed by atoms with E-state index in [0.717, 1.165) is 61.7 Å². The lowest BCUT2D eigenvalue weighted by Crippen LogP contribution is -1.93. The highest BCUT2D eigenvalue weighted by Gasteiger charge is 2.15. The van der Waals surface area contributed by atoms with E-state index in [4.69, 9.17) is 18.3 Å². The summed E-state index contributed by atoms with van der Waals surface area (Å²) < 4.78 is 22.5.